The number of thioether (sulfide) groups is 2. The van der Waals surface area contributed by atoms with Gasteiger partial charge in [0.2, 0.25) is 21.1 Å². The number of nitrogens with zero attached hydrogens (tertiary/aromatic N) is 2. The Balaban J connectivity index is 2.07. The average molecular weight is 405 g/mol. The van der Waals surface area contributed by atoms with Gasteiger partial charge in [-0.15, -0.1) is 0 Å². The second kappa shape index (κ2) is 7.40. The highest BCUT2D eigenvalue weighted by Gasteiger charge is 2.30. The summed E-state index contributed by atoms with van der Waals surface area (Å²) in [6.07, 6.45) is 1.89. The number of carbonyl (C=O) groups is 1. The normalized spacial score (nSPS) is 12.2. The summed E-state index contributed by atoms with van der Waals surface area (Å²) in [6, 6.07) is 5.69. The standard InChI is InChI=1S/C13H16N4O3S4/c1-13(2,22-12-16-11(21-3)17-23-12)10(18)15-8-4-6-9(7-5-8)24(14,19)20/h4-7H,1-3H3,(H,15,18)(H2,14,19,20). The van der Waals surface area contributed by atoms with Crippen molar-refractivity contribution in [1.82, 2.24) is 9.36 Å². The Labute approximate surface area is 153 Å². The zero-order valence-electron chi connectivity index (χ0n) is 13.1. The van der Waals surface area contributed by atoms with Gasteiger partial charge in [0.15, 0.2) is 4.34 Å². The molecule has 7 nitrogen and oxygen atoms in total. The maximum Gasteiger partial charge on any atom is 0.240 e. The van der Waals surface area contributed by atoms with Crippen LogP contribution in [0.1, 0.15) is 13.8 Å². The van der Waals surface area contributed by atoms with Crippen LogP contribution < -0.4 is 10.5 Å². The molecule has 0 aliphatic carbocycles. The molecular formula is C13H16N4O3S4. The smallest absolute Gasteiger partial charge is 0.240 e. The number of amides is 1. The van der Waals surface area contributed by atoms with Crippen molar-refractivity contribution < 1.29 is 13.2 Å². The molecule has 0 bridgehead atoms. The molecule has 1 aromatic heterocycles. The Morgan fingerprint density at radius 3 is 2.42 bits per heavy atom. The number of hydrogen-bond donors (Lipinski definition) is 2. The van der Waals surface area contributed by atoms with Crippen molar-refractivity contribution in [2.45, 2.75) is 33.0 Å². The summed E-state index contributed by atoms with van der Waals surface area (Å²) in [5.74, 6) is -0.225. The first-order valence-corrected chi connectivity index (χ1v) is 11.0. The summed E-state index contributed by atoms with van der Waals surface area (Å²) in [7, 11) is -3.75. The van der Waals surface area contributed by atoms with Gasteiger partial charge in [-0.3, -0.25) is 4.79 Å². The minimum absolute atomic E-state index is 0.00686. The van der Waals surface area contributed by atoms with Crippen LogP contribution in [0.5, 0.6) is 0 Å². The molecule has 0 aliphatic rings. The summed E-state index contributed by atoms with van der Waals surface area (Å²) >= 11 is 4.02. The van der Waals surface area contributed by atoms with Crippen LogP contribution in [0.4, 0.5) is 5.69 Å². The molecule has 0 saturated carbocycles. The van der Waals surface area contributed by atoms with Gasteiger partial charge in [0.1, 0.15) is 0 Å². The van der Waals surface area contributed by atoms with E-state index in [0.29, 0.717) is 15.2 Å². The number of anilines is 1. The Bertz CT molecular complexity index is 831. The molecule has 1 aromatic carbocycles. The molecule has 0 atom stereocenters. The predicted octanol–water partition coefficient (Wildman–Crippen LogP) is 2.42. The quantitative estimate of drug-likeness (QED) is 0.710. The van der Waals surface area contributed by atoms with Crippen molar-refractivity contribution >= 4 is 56.7 Å². The first kappa shape index (κ1) is 19.2. The van der Waals surface area contributed by atoms with Gasteiger partial charge >= 0.3 is 0 Å². The lowest BCUT2D eigenvalue weighted by Gasteiger charge is -2.21. The Hall–Kier alpha value is -1.14. The minimum Gasteiger partial charge on any atom is -0.325 e. The van der Waals surface area contributed by atoms with Crippen molar-refractivity contribution in [2.24, 2.45) is 5.14 Å². The molecule has 0 saturated heterocycles. The lowest BCUT2D eigenvalue weighted by atomic mass is 10.2. The van der Waals surface area contributed by atoms with E-state index in [1.165, 1.54) is 59.3 Å². The van der Waals surface area contributed by atoms with E-state index in [1.54, 1.807) is 13.8 Å². The van der Waals surface area contributed by atoms with E-state index in [2.05, 4.69) is 14.7 Å². The molecule has 1 heterocycles. The van der Waals surface area contributed by atoms with Gasteiger partial charge in [0.05, 0.1) is 9.64 Å². The van der Waals surface area contributed by atoms with Crippen LogP contribution >= 0.6 is 35.1 Å². The van der Waals surface area contributed by atoms with E-state index in [4.69, 9.17) is 5.14 Å². The second-order valence-electron chi connectivity index (χ2n) is 5.18. The third-order valence-electron chi connectivity index (χ3n) is 2.90. The third-order valence-corrected chi connectivity index (χ3v) is 6.44. The third kappa shape index (κ3) is 4.93. The van der Waals surface area contributed by atoms with E-state index in [-0.39, 0.29) is 10.8 Å². The van der Waals surface area contributed by atoms with Gasteiger partial charge < -0.3 is 5.32 Å². The molecule has 0 spiro atoms. The summed E-state index contributed by atoms with van der Waals surface area (Å²) in [4.78, 5) is 16.8. The number of primary sulfonamides is 1. The average Bonchev–Trinajstić information content (AvgIpc) is 2.93. The topological polar surface area (TPSA) is 115 Å². The van der Waals surface area contributed by atoms with Crippen LogP contribution in [-0.2, 0) is 14.8 Å². The Morgan fingerprint density at radius 2 is 1.92 bits per heavy atom. The number of nitrogens with two attached hydrogens (primary N) is 1. The second-order valence-corrected chi connectivity index (χ2v) is 10.1. The molecule has 0 fully saturated rings. The first-order valence-electron chi connectivity index (χ1n) is 6.63. The summed E-state index contributed by atoms with van der Waals surface area (Å²) in [5, 5.41) is 8.48. The number of hydrogen-bond acceptors (Lipinski definition) is 8. The number of benzene rings is 1. The molecule has 0 radical (unpaired) electrons. The fraction of sp³-hybridized carbons (Fsp3) is 0.308. The zero-order chi connectivity index (χ0) is 18.0. The van der Waals surface area contributed by atoms with Gasteiger partial charge in [0.25, 0.3) is 0 Å². The first-order chi connectivity index (χ1) is 11.1. The van der Waals surface area contributed by atoms with Crippen LogP contribution in [0, 0.1) is 0 Å². The summed E-state index contributed by atoms with van der Waals surface area (Å²) < 4.78 is 26.6. The Morgan fingerprint density at radius 1 is 1.29 bits per heavy atom. The molecule has 130 valence electrons. The van der Waals surface area contributed by atoms with Crippen LogP contribution in [-0.4, -0.2) is 34.7 Å². The molecule has 0 aliphatic heterocycles. The molecular weight excluding hydrogens is 388 g/mol. The number of rotatable bonds is 6. The van der Waals surface area contributed by atoms with Gasteiger partial charge in [-0.25, -0.2) is 18.5 Å². The SMILES string of the molecule is CSc1nsc(SC(C)(C)C(=O)Nc2ccc(S(N)(=O)=O)cc2)n1. The highest BCUT2D eigenvalue weighted by atomic mass is 32.2. The van der Waals surface area contributed by atoms with Crippen molar-refractivity contribution in [3.8, 4) is 0 Å². The van der Waals surface area contributed by atoms with Crippen molar-refractivity contribution in [3.63, 3.8) is 0 Å². The fourth-order valence-electron chi connectivity index (χ4n) is 1.60. The van der Waals surface area contributed by atoms with Crippen molar-refractivity contribution in [1.29, 1.82) is 0 Å². The van der Waals surface area contributed by atoms with Gasteiger partial charge in [0, 0.05) is 5.69 Å². The molecule has 11 heteroatoms. The minimum atomic E-state index is -3.75. The zero-order valence-corrected chi connectivity index (χ0v) is 16.4. The van der Waals surface area contributed by atoms with Crippen molar-refractivity contribution in [2.75, 3.05) is 11.6 Å². The number of sulfonamides is 1. The molecule has 2 rings (SSSR count). The van der Waals surface area contributed by atoms with Gasteiger partial charge in [-0.2, -0.15) is 4.37 Å². The van der Waals surface area contributed by atoms with Crippen LogP contribution in [0.3, 0.4) is 0 Å². The maximum absolute atomic E-state index is 12.5. The number of carbonyl (C=O) groups excluding carboxylic acids is 1. The monoisotopic (exact) mass is 404 g/mol. The molecule has 3 N–H and O–H groups in total. The fourth-order valence-corrected chi connectivity index (χ4v) is 4.74. The molecule has 24 heavy (non-hydrogen) atoms. The highest BCUT2D eigenvalue weighted by molar-refractivity contribution is 8.03. The van der Waals surface area contributed by atoms with Crippen molar-refractivity contribution in [3.05, 3.63) is 24.3 Å². The van der Waals surface area contributed by atoms with E-state index < -0.39 is 14.8 Å². The molecule has 2 aromatic rings. The predicted molar refractivity (Wildman–Crippen MR) is 98.1 cm³/mol. The van der Waals surface area contributed by atoms with E-state index in [9.17, 15) is 13.2 Å². The van der Waals surface area contributed by atoms with E-state index >= 15 is 0 Å². The number of aromatic nitrogens is 2. The summed E-state index contributed by atoms with van der Waals surface area (Å²) in [6.45, 7) is 3.57. The van der Waals surface area contributed by atoms with Crippen LogP contribution in [0.2, 0.25) is 0 Å². The van der Waals surface area contributed by atoms with Gasteiger partial charge in [-0.05, 0) is 55.9 Å². The van der Waals surface area contributed by atoms with E-state index in [1.807, 2.05) is 6.26 Å². The lowest BCUT2D eigenvalue weighted by molar-refractivity contribution is -0.117. The van der Waals surface area contributed by atoms with E-state index in [0.717, 1.165) is 0 Å². The maximum atomic E-state index is 12.5. The lowest BCUT2D eigenvalue weighted by Crippen LogP contribution is -2.33. The van der Waals surface area contributed by atoms with Crippen LogP contribution in [0.25, 0.3) is 0 Å². The van der Waals surface area contributed by atoms with Crippen LogP contribution in [0.15, 0.2) is 38.7 Å². The Kier molecular flexibility index (Phi) is 5.91. The summed E-state index contributed by atoms with van der Waals surface area (Å²) in [5.41, 5.74) is 0.489. The van der Waals surface area contributed by atoms with Gasteiger partial charge in [-0.1, -0.05) is 23.5 Å². The number of nitrogens with one attached hydrogen (secondary N) is 1. The molecule has 0 unspecified atom stereocenters. The highest BCUT2D eigenvalue weighted by Crippen LogP contribution is 2.35. The largest absolute Gasteiger partial charge is 0.325 e. The molecule has 1 amide bonds.